The lowest BCUT2D eigenvalue weighted by Crippen LogP contribution is -2.34. The summed E-state index contributed by atoms with van der Waals surface area (Å²) in [5.74, 6) is -0.155. The van der Waals surface area contributed by atoms with Gasteiger partial charge in [-0.3, -0.25) is 0 Å². The Morgan fingerprint density at radius 1 is 1.11 bits per heavy atom. The van der Waals surface area contributed by atoms with Gasteiger partial charge in [-0.15, -0.1) is 0 Å². The van der Waals surface area contributed by atoms with Gasteiger partial charge in [0.2, 0.25) is 0 Å². The largest absolute Gasteiger partial charge is 0.318 e. The second kappa shape index (κ2) is 5.94. The van der Waals surface area contributed by atoms with E-state index in [1.165, 1.54) is 0 Å². The Hall–Kier alpha value is -1.45. The van der Waals surface area contributed by atoms with Crippen LogP contribution in [0.5, 0.6) is 0 Å². The van der Waals surface area contributed by atoms with Crippen molar-refractivity contribution in [2.75, 3.05) is 13.6 Å². The standard InChI is InChI=1S/C15H19FN2/c1-11(9-17-2)18-10-12-7-8-15(16)14-6-4-3-5-13(12)14/h3-8,11,17-18H,9-10H2,1-2H3. The molecular weight excluding hydrogens is 227 g/mol. The lowest BCUT2D eigenvalue weighted by Gasteiger charge is -2.14. The van der Waals surface area contributed by atoms with Crippen LogP contribution in [0.3, 0.4) is 0 Å². The van der Waals surface area contributed by atoms with Crippen molar-refractivity contribution in [1.29, 1.82) is 0 Å². The third kappa shape index (κ3) is 2.86. The maximum absolute atomic E-state index is 13.7. The molecule has 0 heterocycles. The SMILES string of the molecule is CNCC(C)NCc1ccc(F)c2ccccc12. The Morgan fingerprint density at radius 2 is 1.83 bits per heavy atom. The molecule has 3 heteroatoms. The summed E-state index contributed by atoms with van der Waals surface area (Å²) in [6.07, 6.45) is 0. The molecule has 0 aliphatic rings. The molecule has 0 aliphatic heterocycles. The van der Waals surface area contributed by atoms with Crippen LogP contribution in [-0.2, 0) is 6.54 Å². The molecule has 0 saturated heterocycles. The van der Waals surface area contributed by atoms with Crippen molar-refractivity contribution in [2.45, 2.75) is 19.5 Å². The number of rotatable bonds is 5. The van der Waals surface area contributed by atoms with Crippen molar-refractivity contribution in [1.82, 2.24) is 10.6 Å². The molecule has 2 rings (SSSR count). The molecule has 18 heavy (non-hydrogen) atoms. The smallest absolute Gasteiger partial charge is 0.131 e. The van der Waals surface area contributed by atoms with E-state index in [2.05, 4.69) is 17.6 Å². The fourth-order valence-corrected chi connectivity index (χ4v) is 2.14. The second-order valence-corrected chi connectivity index (χ2v) is 4.59. The van der Waals surface area contributed by atoms with Crippen LogP contribution in [0, 0.1) is 5.82 Å². The molecule has 0 aromatic heterocycles. The summed E-state index contributed by atoms with van der Waals surface area (Å²) < 4.78 is 13.7. The molecule has 0 aliphatic carbocycles. The Morgan fingerprint density at radius 3 is 2.56 bits per heavy atom. The highest BCUT2D eigenvalue weighted by Gasteiger charge is 2.06. The molecule has 0 radical (unpaired) electrons. The lowest BCUT2D eigenvalue weighted by atomic mass is 10.0. The summed E-state index contributed by atoms with van der Waals surface area (Å²) in [5.41, 5.74) is 1.13. The number of benzene rings is 2. The van der Waals surface area contributed by atoms with Crippen LogP contribution < -0.4 is 10.6 Å². The number of likely N-dealkylation sites (N-methyl/N-ethyl adjacent to an activating group) is 1. The third-order valence-electron chi connectivity index (χ3n) is 3.11. The number of fused-ring (bicyclic) bond motifs is 1. The molecule has 96 valence electrons. The maximum Gasteiger partial charge on any atom is 0.131 e. The molecule has 2 aromatic rings. The Kier molecular flexibility index (Phi) is 4.28. The van der Waals surface area contributed by atoms with E-state index >= 15 is 0 Å². The van der Waals surface area contributed by atoms with E-state index in [-0.39, 0.29) is 5.82 Å². The third-order valence-corrected chi connectivity index (χ3v) is 3.11. The van der Waals surface area contributed by atoms with Crippen molar-refractivity contribution < 1.29 is 4.39 Å². The van der Waals surface area contributed by atoms with Gasteiger partial charge in [-0.1, -0.05) is 30.3 Å². The average Bonchev–Trinajstić information content (AvgIpc) is 2.39. The molecule has 0 amide bonds. The Bertz CT molecular complexity index is 525. The van der Waals surface area contributed by atoms with Crippen LogP contribution in [0.15, 0.2) is 36.4 Å². The van der Waals surface area contributed by atoms with Crippen molar-refractivity contribution in [2.24, 2.45) is 0 Å². The van der Waals surface area contributed by atoms with Crippen LogP contribution in [0.25, 0.3) is 10.8 Å². The molecule has 1 unspecified atom stereocenters. The molecule has 2 N–H and O–H groups in total. The minimum atomic E-state index is -0.155. The van der Waals surface area contributed by atoms with Crippen molar-refractivity contribution in [3.63, 3.8) is 0 Å². The first-order valence-corrected chi connectivity index (χ1v) is 6.26. The molecule has 0 fully saturated rings. The van der Waals surface area contributed by atoms with Crippen LogP contribution in [0.1, 0.15) is 12.5 Å². The highest BCUT2D eigenvalue weighted by Crippen LogP contribution is 2.21. The Labute approximate surface area is 107 Å². The summed E-state index contributed by atoms with van der Waals surface area (Å²) in [6.45, 7) is 3.80. The first kappa shape index (κ1) is 13.0. The van der Waals surface area contributed by atoms with Gasteiger partial charge in [-0.25, -0.2) is 4.39 Å². The fourth-order valence-electron chi connectivity index (χ4n) is 2.14. The lowest BCUT2D eigenvalue weighted by molar-refractivity contribution is 0.524. The summed E-state index contributed by atoms with van der Waals surface area (Å²) in [5, 5.41) is 8.23. The van der Waals surface area contributed by atoms with E-state index in [9.17, 15) is 4.39 Å². The van der Waals surface area contributed by atoms with Crippen LogP contribution in [-0.4, -0.2) is 19.6 Å². The highest BCUT2D eigenvalue weighted by atomic mass is 19.1. The van der Waals surface area contributed by atoms with Gasteiger partial charge >= 0.3 is 0 Å². The van der Waals surface area contributed by atoms with Gasteiger partial charge in [0.1, 0.15) is 5.82 Å². The van der Waals surface area contributed by atoms with Gasteiger partial charge in [-0.05, 0) is 31.0 Å². The molecule has 2 nitrogen and oxygen atoms in total. The van der Waals surface area contributed by atoms with Gasteiger partial charge in [0.25, 0.3) is 0 Å². The zero-order valence-corrected chi connectivity index (χ0v) is 10.8. The van der Waals surface area contributed by atoms with Crippen molar-refractivity contribution >= 4 is 10.8 Å². The van der Waals surface area contributed by atoms with Crippen molar-refractivity contribution in [3.8, 4) is 0 Å². The van der Waals surface area contributed by atoms with Gasteiger partial charge < -0.3 is 10.6 Å². The minimum Gasteiger partial charge on any atom is -0.318 e. The first-order chi connectivity index (χ1) is 8.72. The average molecular weight is 246 g/mol. The predicted octanol–water partition coefficient (Wildman–Crippen LogP) is 2.68. The fraction of sp³-hybridized carbons (Fsp3) is 0.333. The van der Waals surface area contributed by atoms with Gasteiger partial charge in [0.05, 0.1) is 0 Å². The van der Waals surface area contributed by atoms with Gasteiger partial charge in [-0.2, -0.15) is 0 Å². The number of nitrogens with one attached hydrogen (secondary N) is 2. The molecule has 2 aromatic carbocycles. The predicted molar refractivity (Wildman–Crippen MR) is 74.1 cm³/mol. The van der Waals surface area contributed by atoms with Crippen molar-refractivity contribution in [3.05, 3.63) is 47.8 Å². The quantitative estimate of drug-likeness (QED) is 0.847. The monoisotopic (exact) mass is 246 g/mol. The van der Waals surface area contributed by atoms with Crippen LogP contribution >= 0.6 is 0 Å². The van der Waals surface area contributed by atoms with Crippen LogP contribution in [0.4, 0.5) is 4.39 Å². The number of hydrogen-bond donors (Lipinski definition) is 2. The van der Waals surface area contributed by atoms with E-state index in [0.717, 1.165) is 24.0 Å². The van der Waals surface area contributed by atoms with Gasteiger partial charge in [0.15, 0.2) is 0 Å². The zero-order valence-electron chi connectivity index (χ0n) is 10.8. The molecule has 0 saturated carbocycles. The molecule has 0 spiro atoms. The highest BCUT2D eigenvalue weighted by molar-refractivity contribution is 5.86. The van der Waals surface area contributed by atoms with E-state index in [1.54, 1.807) is 6.07 Å². The summed E-state index contributed by atoms with van der Waals surface area (Å²) in [6, 6.07) is 11.4. The van der Waals surface area contributed by atoms with Gasteiger partial charge in [0, 0.05) is 24.5 Å². The van der Waals surface area contributed by atoms with E-state index in [4.69, 9.17) is 0 Å². The second-order valence-electron chi connectivity index (χ2n) is 4.59. The van der Waals surface area contributed by atoms with E-state index in [0.29, 0.717) is 11.4 Å². The zero-order chi connectivity index (χ0) is 13.0. The first-order valence-electron chi connectivity index (χ1n) is 6.26. The molecule has 1 atom stereocenters. The molecule has 0 bridgehead atoms. The molecular formula is C15H19FN2. The summed E-state index contributed by atoms with van der Waals surface area (Å²) >= 11 is 0. The maximum atomic E-state index is 13.7. The number of hydrogen-bond acceptors (Lipinski definition) is 2. The summed E-state index contributed by atoms with van der Waals surface area (Å²) in [7, 11) is 1.94. The Balaban J connectivity index is 2.21. The van der Waals surface area contributed by atoms with Crippen LogP contribution in [0.2, 0.25) is 0 Å². The van der Waals surface area contributed by atoms with E-state index in [1.807, 2.05) is 37.4 Å². The minimum absolute atomic E-state index is 0.155. The summed E-state index contributed by atoms with van der Waals surface area (Å²) in [4.78, 5) is 0. The normalized spacial score (nSPS) is 12.8. The topological polar surface area (TPSA) is 24.1 Å². The number of halogens is 1. The van der Waals surface area contributed by atoms with E-state index < -0.39 is 0 Å².